The maximum atomic E-state index is 13.4. The van der Waals surface area contributed by atoms with E-state index in [1.165, 1.54) is 0 Å². The number of benzene rings is 3. The fourth-order valence-corrected chi connectivity index (χ4v) is 4.98. The minimum Gasteiger partial charge on any atom is -0.497 e. The fraction of sp³-hybridized carbons (Fsp3) is 0.208. The summed E-state index contributed by atoms with van der Waals surface area (Å²) in [5.41, 5.74) is 2.23. The van der Waals surface area contributed by atoms with Crippen molar-refractivity contribution in [2.45, 2.75) is 24.8 Å². The van der Waals surface area contributed by atoms with Crippen LogP contribution in [-0.4, -0.2) is 28.0 Å². The Labute approximate surface area is 197 Å². The SMILES string of the molecule is COc1ccc(C(C)NC(=O)CN(c2cccc(Br)c2)S(=O)(=O)c2ccc(C)cc2)cc1. The standard InChI is InChI=1S/C24H25BrN2O4S/c1-17-7-13-23(14-8-17)32(29,30)27(21-6-4-5-20(25)15-21)16-24(28)26-18(2)19-9-11-22(31-3)12-10-19/h4-15,18H,16H2,1-3H3,(H,26,28). The number of hydrogen-bond donors (Lipinski definition) is 1. The van der Waals surface area contributed by atoms with Crippen LogP contribution in [0.5, 0.6) is 5.75 Å². The van der Waals surface area contributed by atoms with E-state index in [1.54, 1.807) is 55.6 Å². The molecule has 0 aliphatic carbocycles. The van der Waals surface area contributed by atoms with E-state index >= 15 is 0 Å². The third-order valence-corrected chi connectivity index (χ3v) is 7.27. The maximum Gasteiger partial charge on any atom is 0.264 e. The molecule has 0 spiro atoms. The monoisotopic (exact) mass is 516 g/mol. The highest BCUT2D eigenvalue weighted by Gasteiger charge is 2.28. The van der Waals surface area contributed by atoms with E-state index in [0.717, 1.165) is 21.2 Å². The van der Waals surface area contributed by atoms with Crippen molar-refractivity contribution in [1.29, 1.82) is 0 Å². The Bertz CT molecular complexity index is 1180. The average Bonchev–Trinajstić information content (AvgIpc) is 2.77. The lowest BCUT2D eigenvalue weighted by molar-refractivity contribution is -0.120. The summed E-state index contributed by atoms with van der Waals surface area (Å²) in [6, 6.07) is 20.5. The smallest absolute Gasteiger partial charge is 0.264 e. The minimum absolute atomic E-state index is 0.124. The molecule has 0 heterocycles. The Balaban J connectivity index is 1.86. The van der Waals surface area contributed by atoms with Crippen LogP contribution in [0.3, 0.4) is 0 Å². The molecule has 8 heteroatoms. The average molecular weight is 517 g/mol. The molecule has 32 heavy (non-hydrogen) atoms. The lowest BCUT2D eigenvalue weighted by Gasteiger charge is -2.25. The lowest BCUT2D eigenvalue weighted by atomic mass is 10.1. The van der Waals surface area contributed by atoms with Crippen molar-refractivity contribution in [1.82, 2.24) is 5.32 Å². The number of amides is 1. The summed E-state index contributed by atoms with van der Waals surface area (Å²) in [5.74, 6) is 0.307. The number of methoxy groups -OCH3 is 1. The predicted octanol–water partition coefficient (Wildman–Crippen LogP) is 4.84. The molecule has 0 radical (unpaired) electrons. The van der Waals surface area contributed by atoms with E-state index in [9.17, 15) is 13.2 Å². The van der Waals surface area contributed by atoms with Gasteiger partial charge in [0.05, 0.1) is 23.7 Å². The molecule has 1 amide bonds. The summed E-state index contributed by atoms with van der Waals surface area (Å²) in [5, 5.41) is 2.88. The van der Waals surface area contributed by atoms with Crippen LogP contribution >= 0.6 is 15.9 Å². The van der Waals surface area contributed by atoms with Crippen LogP contribution in [-0.2, 0) is 14.8 Å². The van der Waals surface area contributed by atoms with Gasteiger partial charge < -0.3 is 10.1 Å². The van der Waals surface area contributed by atoms with Crippen LogP contribution in [0, 0.1) is 6.92 Å². The van der Waals surface area contributed by atoms with E-state index in [-0.39, 0.29) is 17.5 Å². The molecule has 1 unspecified atom stereocenters. The quantitative estimate of drug-likeness (QED) is 0.464. The van der Waals surface area contributed by atoms with Crippen molar-refractivity contribution in [3.63, 3.8) is 0 Å². The zero-order chi connectivity index (χ0) is 23.3. The molecule has 168 valence electrons. The van der Waals surface area contributed by atoms with Gasteiger partial charge in [-0.05, 0) is 61.9 Å². The van der Waals surface area contributed by atoms with Crippen LogP contribution in [0.25, 0.3) is 0 Å². The van der Waals surface area contributed by atoms with Gasteiger partial charge in [0.1, 0.15) is 12.3 Å². The first kappa shape index (κ1) is 23.8. The van der Waals surface area contributed by atoms with Crippen molar-refractivity contribution in [3.05, 3.63) is 88.4 Å². The Kier molecular flexibility index (Phi) is 7.58. The number of hydrogen-bond acceptors (Lipinski definition) is 4. The van der Waals surface area contributed by atoms with Crippen LogP contribution < -0.4 is 14.4 Å². The van der Waals surface area contributed by atoms with E-state index in [2.05, 4.69) is 21.2 Å². The molecule has 0 saturated heterocycles. The van der Waals surface area contributed by atoms with Crippen molar-refractivity contribution in [2.75, 3.05) is 18.0 Å². The second kappa shape index (κ2) is 10.2. The molecule has 0 bridgehead atoms. The van der Waals surface area contributed by atoms with Gasteiger partial charge in [-0.25, -0.2) is 8.42 Å². The van der Waals surface area contributed by atoms with Gasteiger partial charge >= 0.3 is 0 Å². The molecule has 0 aliphatic heterocycles. The highest BCUT2D eigenvalue weighted by atomic mass is 79.9. The van der Waals surface area contributed by atoms with Gasteiger partial charge in [0.25, 0.3) is 10.0 Å². The number of carbonyl (C=O) groups excluding carboxylic acids is 1. The van der Waals surface area contributed by atoms with E-state index in [0.29, 0.717) is 10.2 Å². The fourth-order valence-electron chi connectivity index (χ4n) is 3.18. The zero-order valence-electron chi connectivity index (χ0n) is 18.1. The highest BCUT2D eigenvalue weighted by Crippen LogP contribution is 2.26. The molecule has 0 saturated carbocycles. The number of anilines is 1. The van der Waals surface area contributed by atoms with Gasteiger partial charge in [-0.15, -0.1) is 0 Å². The third kappa shape index (κ3) is 5.69. The third-order valence-electron chi connectivity index (χ3n) is 4.99. The van der Waals surface area contributed by atoms with Gasteiger partial charge in [0, 0.05) is 4.47 Å². The van der Waals surface area contributed by atoms with E-state index < -0.39 is 15.9 Å². The number of nitrogens with one attached hydrogen (secondary N) is 1. The summed E-state index contributed by atoms with van der Waals surface area (Å²) >= 11 is 3.38. The molecule has 1 atom stereocenters. The highest BCUT2D eigenvalue weighted by molar-refractivity contribution is 9.10. The number of aryl methyl sites for hydroxylation is 1. The van der Waals surface area contributed by atoms with E-state index in [4.69, 9.17) is 4.74 Å². The van der Waals surface area contributed by atoms with Crippen molar-refractivity contribution >= 4 is 37.5 Å². The summed E-state index contributed by atoms with van der Waals surface area (Å²) in [6.07, 6.45) is 0. The number of nitrogens with zero attached hydrogens (tertiary/aromatic N) is 1. The molecule has 0 aromatic heterocycles. The first-order chi connectivity index (χ1) is 15.2. The largest absolute Gasteiger partial charge is 0.497 e. The number of ether oxygens (including phenoxy) is 1. The number of carbonyl (C=O) groups is 1. The van der Waals surface area contributed by atoms with Gasteiger partial charge in [-0.3, -0.25) is 9.10 Å². The molecule has 0 fully saturated rings. The molecular weight excluding hydrogens is 492 g/mol. The Morgan fingerprint density at radius 3 is 2.31 bits per heavy atom. The number of rotatable bonds is 8. The van der Waals surface area contributed by atoms with Crippen molar-refractivity contribution in [2.24, 2.45) is 0 Å². The summed E-state index contributed by atoms with van der Waals surface area (Å²) < 4.78 is 33.9. The number of halogens is 1. The summed E-state index contributed by atoms with van der Waals surface area (Å²) in [6.45, 7) is 3.38. The number of sulfonamides is 1. The van der Waals surface area contributed by atoms with Gasteiger partial charge in [0.2, 0.25) is 5.91 Å². The van der Waals surface area contributed by atoms with Crippen LogP contribution in [0.4, 0.5) is 5.69 Å². The Morgan fingerprint density at radius 2 is 1.72 bits per heavy atom. The normalized spacial score (nSPS) is 12.1. The van der Waals surface area contributed by atoms with Gasteiger partial charge in [-0.2, -0.15) is 0 Å². The molecule has 3 aromatic rings. The Hall–Kier alpha value is -2.84. The Morgan fingerprint density at radius 1 is 1.06 bits per heavy atom. The molecule has 3 rings (SSSR count). The van der Waals surface area contributed by atoms with Crippen molar-refractivity contribution < 1.29 is 17.9 Å². The minimum atomic E-state index is -3.96. The molecular formula is C24H25BrN2O4S. The molecule has 0 aliphatic rings. The topological polar surface area (TPSA) is 75.7 Å². The van der Waals surface area contributed by atoms with Crippen LogP contribution in [0.1, 0.15) is 24.1 Å². The predicted molar refractivity (Wildman–Crippen MR) is 129 cm³/mol. The van der Waals surface area contributed by atoms with Crippen LogP contribution in [0.2, 0.25) is 0 Å². The maximum absolute atomic E-state index is 13.4. The second-order valence-corrected chi connectivity index (χ2v) is 10.1. The second-order valence-electron chi connectivity index (χ2n) is 7.37. The van der Waals surface area contributed by atoms with Crippen molar-refractivity contribution in [3.8, 4) is 5.75 Å². The first-order valence-corrected chi connectivity index (χ1v) is 12.2. The summed E-state index contributed by atoms with van der Waals surface area (Å²) in [7, 11) is -2.37. The molecule has 3 aromatic carbocycles. The van der Waals surface area contributed by atoms with Gasteiger partial charge in [0.15, 0.2) is 0 Å². The zero-order valence-corrected chi connectivity index (χ0v) is 20.5. The van der Waals surface area contributed by atoms with E-state index in [1.807, 2.05) is 38.1 Å². The summed E-state index contributed by atoms with van der Waals surface area (Å²) in [4.78, 5) is 13.0. The molecule has 1 N–H and O–H groups in total. The molecule has 6 nitrogen and oxygen atoms in total. The first-order valence-electron chi connectivity index (χ1n) is 9.99. The van der Waals surface area contributed by atoms with Gasteiger partial charge in [-0.1, -0.05) is 51.8 Å². The van der Waals surface area contributed by atoms with Crippen LogP contribution in [0.15, 0.2) is 82.2 Å². The lowest BCUT2D eigenvalue weighted by Crippen LogP contribution is -2.41.